The van der Waals surface area contributed by atoms with E-state index in [9.17, 15) is 8.78 Å². The van der Waals surface area contributed by atoms with Crippen LogP contribution in [0.2, 0.25) is 5.15 Å². The standard InChI is InChI=1S/C14H12ClF2N5/c1-8-5-11(15)22-14(19-8)20-13(21-22)18-7-9-3-2-4-10(6-9)12(16)17/h2-6,12H,7H2,1H3,(H,18,21). The summed E-state index contributed by atoms with van der Waals surface area (Å²) in [6, 6.07) is 7.87. The van der Waals surface area contributed by atoms with Crippen molar-refractivity contribution >= 4 is 23.3 Å². The number of aromatic nitrogens is 4. The molecule has 0 saturated carbocycles. The highest BCUT2D eigenvalue weighted by molar-refractivity contribution is 6.29. The molecule has 0 bridgehead atoms. The van der Waals surface area contributed by atoms with E-state index >= 15 is 0 Å². The molecular formula is C14H12ClF2N5. The van der Waals surface area contributed by atoms with Crippen LogP contribution in [0, 0.1) is 6.92 Å². The number of halogens is 3. The van der Waals surface area contributed by atoms with Gasteiger partial charge in [0.1, 0.15) is 5.15 Å². The van der Waals surface area contributed by atoms with Gasteiger partial charge < -0.3 is 5.32 Å². The first-order valence-electron chi connectivity index (χ1n) is 6.54. The van der Waals surface area contributed by atoms with Crippen molar-refractivity contribution in [2.24, 2.45) is 0 Å². The Hall–Kier alpha value is -2.28. The molecule has 3 rings (SSSR count). The highest BCUT2D eigenvalue weighted by Gasteiger charge is 2.10. The molecule has 1 aromatic carbocycles. The Morgan fingerprint density at radius 1 is 1.27 bits per heavy atom. The molecule has 0 amide bonds. The van der Waals surface area contributed by atoms with Crippen molar-refractivity contribution in [3.8, 4) is 0 Å². The molecule has 114 valence electrons. The van der Waals surface area contributed by atoms with E-state index in [1.165, 1.54) is 16.6 Å². The minimum Gasteiger partial charge on any atom is -0.349 e. The van der Waals surface area contributed by atoms with Gasteiger partial charge in [0.25, 0.3) is 12.2 Å². The van der Waals surface area contributed by atoms with Gasteiger partial charge in [0.15, 0.2) is 0 Å². The average Bonchev–Trinajstić information content (AvgIpc) is 2.88. The summed E-state index contributed by atoms with van der Waals surface area (Å²) in [5.41, 5.74) is 1.44. The minimum atomic E-state index is -2.49. The third kappa shape index (κ3) is 2.99. The zero-order chi connectivity index (χ0) is 15.7. The zero-order valence-electron chi connectivity index (χ0n) is 11.6. The predicted molar refractivity (Wildman–Crippen MR) is 79.3 cm³/mol. The predicted octanol–water partition coefficient (Wildman–Crippen LogP) is 3.64. The van der Waals surface area contributed by atoms with Gasteiger partial charge in [-0.25, -0.2) is 13.8 Å². The van der Waals surface area contributed by atoms with E-state index in [2.05, 4.69) is 20.4 Å². The number of hydrogen-bond donors (Lipinski definition) is 1. The lowest BCUT2D eigenvalue weighted by Crippen LogP contribution is -2.02. The molecule has 22 heavy (non-hydrogen) atoms. The van der Waals surface area contributed by atoms with Gasteiger partial charge in [-0.2, -0.15) is 9.50 Å². The van der Waals surface area contributed by atoms with E-state index in [-0.39, 0.29) is 5.56 Å². The van der Waals surface area contributed by atoms with Gasteiger partial charge in [0.2, 0.25) is 5.95 Å². The van der Waals surface area contributed by atoms with Crippen LogP contribution in [0.5, 0.6) is 0 Å². The maximum atomic E-state index is 12.7. The molecule has 2 heterocycles. The van der Waals surface area contributed by atoms with E-state index in [1.807, 2.05) is 6.92 Å². The summed E-state index contributed by atoms with van der Waals surface area (Å²) in [5.74, 6) is 0.719. The maximum absolute atomic E-state index is 12.7. The van der Waals surface area contributed by atoms with Gasteiger partial charge in [0.05, 0.1) is 0 Å². The number of rotatable bonds is 4. The first kappa shape index (κ1) is 14.6. The highest BCUT2D eigenvalue weighted by Crippen LogP contribution is 2.20. The van der Waals surface area contributed by atoms with E-state index in [1.54, 1.807) is 18.2 Å². The molecule has 5 nitrogen and oxygen atoms in total. The Balaban J connectivity index is 1.79. The number of benzene rings is 1. The number of aryl methyl sites for hydroxylation is 1. The molecular weight excluding hydrogens is 312 g/mol. The van der Waals surface area contributed by atoms with Crippen molar-refractivity contribution in [2.45, 2.75) is 19.9 Å². The molecule has 0 radical (unpaired) electrons. The Morgan fingerprint density at radius 3 is 2.86 bits per heavy atom. The first-order chi connectivity index (χ1) is 10.5. The fourth-order valence-electron chi connectivity index (χ4n) is 2.04. The van der Waals surface area contributed by atoms with Crippen LogP contribution in [-0.2, 0) is 6.54 Å². The lowest BCUT2D eigenvalue weighted by Gasteiger charge is -2.04. The highest BCUT2D eigenvalue weighted by atomic mass is 35.5. The van der Waals surface area contributed by atoms with Crippen LogP contribution in [0.4, 0.5) is 14.7 Å². The van der Waals surface area contributed by atoms with Crippen LogP contribution >= 0.6 is 11.6 Å². The molecule has 0 aliphatic rings. The van der Waals surface area contributed by atoms with Crippen LogP contribution in [-0.4, -0.2) is 19.6 Å². The van der Waals surface area contributed by atoms with Crippen molar-refractivity contribution in [3.05, 3.63) is 52.3 Å². The van der Waals surface area contributed by atoms with E-state index in [0.717, 1.165) is 5.69 Å². The normalized spacial score (nSPS) is 11.3. The second-order valence-electron chi connectivity index (χ2n) is 4.77. The van der Waals surface area contributed by atoms with Gasteiger partial charge >= 0.3 is 0 Å². The SMILES string of the molecule is Cc1cc(Cl)n2nc(NCc3cccc(C(F)F)c3)nc2n1. The molecule has 0 aliphatic heterocycles. The average molecular weight is 324 g/mol. The van der Waals surface area contributed by atoms with Crippen molar-refractivity contribution < 1.29 is 8.78 Å². The topological polar surface area (TPSA) is 55.1 Å². The van der Waals surface area contributed by atoms with Crippen LogP contribution in [0.25, 0.3) is 5.78 Å². The summed E-state index contributed by atoms with van der Waals surface area (Å²) in [7, 11) is 0. The van der Waals surface area contributed by atoms with E-state index in [0.29, 0.717) is 29.0 Å². The quantitative estimate of drug-likeness (QED) is 0.745. The summed E-state index contributed by atoms with van der Waals surface area (Å²) in [6.07, 6.45) is -2.49. The van der Waals surface area contributed by atoms with Crippen LogP contribution in [0.15, 0.2) is 30.3 Å². The van der Waals surface area contributed by atoms with Gasteiger partial charge in [-0.05, 0) is 24.6 Å². The molecule has 0 aliphatic carbocycles. The maximum Gasteiger partial charge on any atom is 0.263 e. The second kappa shape index (κ2) is 5.84. The van der Waals surface area contributed by atoms with Crippen molar-refractivity contribution in [2.75, 3.05) is 5.32 Å². The third-order valence-corrected chi connectivity index (χ3v) is 3.32. The summed E-state index contributed by atoms with van der Waals surface area (Å²) < 4.78 is 26.7. The number of hydrogen-bond acceptors (Lipinski definition) is 4. The lowest BCUT2D eigenvalue weighted by atomic mass is 10.1. The van der Waals surface area contributed by atoms with Crippen molar-refractivity contribution in [1.82, 2.24) is 19.6 Å². The molecule has 0 saturated heterocycles. The van der Waals surface area contributed by atoms with Gasteiger partial charge in [0, 0.05) is 17.8 Å². The molecule has 0 fully saturated rings. The number of nitrogens with one attached hydrogen (secondary N) is 1. The van der Waals surface area contributed by atoms with Crippen LogP contribution < -0.4 is 5.32 Å². The van der Waals surface area contributed by atoms with E-state index in [4.69, 9.17) is 11.6 Å². The largest absolute Gasteiger partial charge is 0.349 e. The summed E-state index contributed by atoms with van der Waals surface area (Å²) in [6.45, 7) is 2.14. The lowest BCUT2D eigenvalue weighted by molar-refractivity contribution is 0.151. The molecule has 1 N–H and O–H groups in total. The molecule has 0 unspecified atom stereocenters. The van der Waals surface area contributed by atoms with Crippen molar-refractivity contribution in [3.63, 3.8) is 0 Å². The molecule has 8 heteroatoms. The summed E-state index contributed by atoms with van der Waals surface area (Å²) in [5, 5.41) is 7.56. The Labute approximate surface area is 130 Å². The smallest absolute Gasteiger partial charge is 0.263 e. The molecule has 3 aromatic rings. The van der Waals surface area contributed by atoms with Crippen molar-refractivity contribution in [1.29, 1.82) is 0 Å². The minimum absolute atomic E-state index is 0.0115. The van der Waals surface area contributed by atoms with Gasteiger partial charge in [-0.15, -0.1) is 5.10 Å². The Kier molecular flexibility index (Phi) is 3.89. The number of nitrogens with zero attached hydrogens (tertiary/aromatic N) is 4. The molecule has 0 atom stereocenters. The molecule has 2 aromatic heterocycles. The number of anilines is 1. The van der Waals surface area contributed by atoms with Gasteiger partial charge in [-0.1, -0.05) is 29.8 Å². The fraction of sp³-hybridized carbons (Fsp3) is 0.214. The Bertz CT molecular complexity index is 818. The summed E-state index contributed by atoms with van der Waals surface area (Å²) >= 11 is 6.06. The van der Waals surface area contributed by atoms with Crippen LogP contribution in [0.1, 0.15) is 23.2 Å². The zero-order valence-corrected chi connectivity index (χ0v) is 12.3. The third-order valence-electron chi connectivity index (χ3n) is 3.05. The fourth-order valence-corrected chi connectivity index (χ4v) is 2.31. The Morgan fingerprint density at radius 2 is 2.09 bits per heavy atom. The summed E-state index contributed by atoms with van der Waals surface area (Å²) in [4.78, 5) is 8.42. The monoisotopic (exact) mass is 323 g/mol. The number of fused-ring (bicyclic) bond motifs is 1. The van der Waals surface area contributed by atoms with Crippen LogP contribution in [0.3, 0.4) is 0 Å². The number of alkyl halides is 2. The van der Waals surface area contributed by atoms with E-state index < -0.39 is 6.43 Å². The molecule has 0 spiro atoms. The second-order valence-corrected chi connectivity index (χ2v) is 5.15. The van der Waals surface area contributed by atoms with Gasteiger partial charge in [-0.3, -0.25) is 0 Å². The first-order valence-corrected chi connectivity index (χ1v) is 6.91.